The van der Waals surface area contributed by atoms with Gasteiger partial charge in [-0.3, -0.25) is 9.78 Å². The van der Waals surface area contributed by atoms with Crippen LogP contribution in [0.2, 0.25) is 0 Å². The summed E-state index contributed by atoms with van der Waals surface area (Å²) < 4.78 is 58.9. The standard InChI is InChI=1S/C22H18F4N4O2/c1-32-10-17(12-6-13(22(24,25)26)8-14(23)7-12)18-9-19(30-11-29-18)20-15-2-5-28-21(31)16(15)3-4-27-20/h3-4,6-9,11,17H,2,5,10H2,1H3,(H,28,31)/t17-/m1/s1. The van der Waals surface area contributed by atoms with Crippen LogP contribution in [0.1, 0.15) is 38.7 Å². The van der Waals surface area contributed by atoms with Gasteiger partial charge in [-0.1, -0.05) is 0 Å². The maximum absolute atomic E-state index is 14.0. The first-order valence-corrected chi connectivity index (χ1v) is 9.73. The molecule has 0 aliphatic carbocycles. The number of halogens is 4. The number of carbonyl (C=O) groups excluding carboxylic acids is 1. The Kier molecular flexibility index (Phi) is 5.88. The van der Waals surface area contributed by atoms with Crippen LogP contribution in [-0.4, -0.2) is 41.1 Å². The molecule has 0 saturated carbocycles. The third kappa shape index (κ3) is 4.31. The average molecular weight is 446 g/mol. The van der Waals surface area contributed by atoms with Crippen LogP contribution in [-0.2, 0) is 17.3 Å². The molecule has 3 aromatic rings. The molecule has 3 heterocycles. The van der Waals surface area contributed by atoms with E-state index in [2.05, 4.69) is 20.3 Å². The van der Waals surface area contributed by atoms with E-state index in [1.807, 2.05) is 0 Å². The Labute approximate surface area is 180 Å². The van der Waals surface area contributed by atoms with Crippen LogP contribution in [0.4, 0.5) is 17.6 Å². The molecule has 6 nitrogen and oxygen atoms in total. The first kappa shape index (κ1) is 21.8. The predicted molar refractivity (Wildman–Crippen MR) is 106 cm³/mol. The number of pyridine rings is 1. The molecule has 1 aromatic carbocycles. The van der Waals surface area contributed by atoms with Gasteiger partial charge in [-0.25, -0.2) is 14.4 Å². The lowest BCUT2D eigenvalue weighted by molar-refractivity contribution is -0.137. The minimum Gasteiger partial charge on any atom is -0.384 e. The van der Waals surface area contributed by atoms with Gasteiger partial charge in [0.2, 0.25) is 0 Å². The highest BCUT2D eigenvalue weighted by molar-refractivity contribution is 5.98. The Bertz CT molecular complexity index is 1170. The summed E-state index contributed by atoms with van der Waals surface area (Å²) >= 11 is 0. The number of amides is 1. The number of alkyl halides is 3. The molecule has 1 atom stereocenters. The van der Waals surface area contributed by atoms with Crippen molar-refractivity contribution in [3.63, 3.8) is 0 Å². The molecule has 2 aromatic heterocycles. The van der Waals surface area contributed by atoms with Crippen LogP contribution >= 0.6 is 0 Å². The van der Waals surface area contributed by atoms with Crippen molar-refractivity contribution in [1.82, 2.24) is 20.3 Å². The van der Waals surface area contributed by atoms with Gasteiger partial charge in [-0.15, -0.1) is 0 Å². The number of ether oxygens (including phenoxy) is 1. The van der Waals surface area contributed by atoms with Gasteiger partial charge < -0.3 is 10.1 Å². The van der Waals surface area contributed by atoms with Gasteiger partial charge in [0, 0.05) is 31.3 Å². The van der Waals surface area contributed by atoms with Gasteiger partial charge >= 0.3 is 6.18 Å². The largest absolute Gasteiger partial charge is 0.416 e. The lowest BCUT2D eigenvalue weighted by Gasteiger charge is -2.20. The zero-order valence-corrected chi connectivity index (χ0v) is 16.9. The van der Waals surface area contributed by atoms with Gasteiger partial charge in [-0.2, -0.15) is 13.2 Å². The highest BCUT2D eigenvalue weighted by Crippen LogP contribution is 2.34. The minimum absolute atomic E-state index is 0.0278. The molecule has 0 unspecified atom stereocenters. The molecule has 1 N–H and O–H groups in total. The van der Waals surface area contributed by atoms with Crippen molar-refractivity contribution in [3.8, 4) is 11.4 Å². The van der Waals surface area contributed by atoms with Gasteiger partial charge in [0.15, 0.2) is 0 Å². The van der Waals surface area contributed by atoms with E-state index in [1.165, 1.54) is 19.6 Å². The molecule has 10 heteroatoms. The summed E-state index contributed by atoms with van der Waals surface area (Å²) in [5, 5.41) is 2.76. The fourth-order valence-corrected chi connectivity index (χ4v) is 3.76. The average Bonchev–Trinajstić information content (AvgIpc) is 2.76. The van der Waals surface area contributed by atoms with Crippen molar-refractivity contribution in [2.45, 2.75) is 18.5 Å². The van der Waals surface area contributed by atoms with Crippen LogP contribution in [0.5, 0.6) is 0 Å². The zero-order chi connectivity index (χ0) is 22.9. The van der Waals surface area contributed by atoms with Crippen LogP contribution in [0.25, 0.3) is 11.4 Å². The molecule has 0 fully saturated rings. The Balaban J connectivity index is 1.79. The van der Waals surface area contributed by atoms with E-state index in [1.54, 1.807) is 12.1 Å². The van der Waals surface area contributed by atoms with E-state index in [-0.39, 0.29) is 18.1 Å². The van der Waals surface area contributed by atoms with Crippen molar-refractivity contribution >= 4 is 5.91 Å². The van der Waals surface area contributed by atoms with E-state index in [4.69, 9.17) is 4.74 Å². The minimum atomic E-state index is -4.70. The lowest BCUT2D eigenvalue weighted by Crippen LogP contribution is -2.32. The Morgan fingerprint density at radius 3 is 2.72 bits per heavy atom. The first-order valence-electron chi connectivity index (χ1n) is 9.73. The maximum atomic E-state index is 14.0. The molecule has 4 rings (SSSR count). The molecule has 0 radical (unpaired) electrons. The summed E-state index contributed by atoms with van der Waals surface area (Å²) in [5.74, 6) is -1.99. The van der Waals surface area contributed by atoms with Gasteiger partial charge in [0.1, 0.15) is 12.1 Å². The summed E-state index contributed by atoms with van der Waals surface area (Å²) in [6, 6.07) is 5.57. The van der Waals surface area contributed by atoms with Crippen molar-refractivity contribution in [3.05, 3.63) is 76.6 Å². The number of fused-ring (bicyclic) bond motifs is 1. The number of rotatable bonds is 5. The van der Waals surface area contributed by atoms with Gasteiger partial charge in [-0.05, 0) is 47.9 Å². The summed E-state index contributed by atoms with van der Waals surface area (Å²) in [5.41, 5.74) is 1.46. The Morgan fingerprint density at radius 1 is 1.16 bits per heavy atom. The lowest BCUT2D eigenvalue weighted by atomic mass is 9.92. The van der Waals surface area contributed by atoms with E-state index in [0.717, 1.165) is 17.7 Å². The summed E-state index contributed by atoms with van der Waals surface area (Å²) in [6.45, 7) is 0.429. The van der Waals surface area contributed by atoms with Crippen molar-refractivity contribution in [2.75, 3.05) is 20.3 Å². The van der Waals surface area contributed by atoms with Crippen molar-refractivity contribution in [2.24, 2.45) is 0 Å². The van der Waals surface area contributed by atoms with E-state index in [0.29, 0.717) is 41.7 Å². The van der Waals surface area contributed by atoms with Crippen LogP contribution < -0.4 is 5.32 Å². The molecule has 0 bridgehead atoms. The second-order valence-corrected chi connectivity index (χ2v) is 7.30. The number of hydrogen-bond acceptors (Lipinski definition) is 5. The molecule has 1 amide bonds. The third-order valence-corrected chi connectivity index (χ3v) is 5.23. The first-order chi connectivity index (χ1) is 15.3. The fraction of sp³-hybridized carbons (Fsp3) is 0.273. The predicted octanol–water partition coefficient (Wildman–Crippen LogP) is 3.76. The summed E-state index contributed by atoms with van der Waals surface area (Å²) in [4.78, 5) is 25.0. The number of nitrogens with zero attached hydrogens (tertiary/aromatic N) is 3. The quantitative estimate of drug-likeness (QED) is 0.604. The number of methoxy groups -OCH3 is 1. The SMILES string of the molecule is COC[C@H](c1cc(F)cc(C(F)(F)F)c1)c1cc(-c2nccc3c2CCNC3=O)ncn1. The van der Waals surface area contributed by atoms with Gasteiger partial charge in [0.05, 0.1) is 29.3 Å². The molecule has 0 saturated heterocycles. The normalized spacial score (nSPS) is 14.6. The van der Waals surface area contributed by atoms with E-state index < -0.39 is 23.5 Å². The van der Waals surface area contributed by atoms with Crippen LogP contribution in [0.15, 0.2) is 42.9 Å². The number of aromatic nitrogens is 3. The van der Waals surface area contributed by atoms with Gasteiger partial charge in [0.25, 0.3) is 5.91 Å². The Morgan fingerprint density at radius 2 is 1.97 bits per heavy atom. The summed E-state index contributed by atoms with van der Waals surface area (Å²) in [7, 11) is 1.40. The van der Waals surface area contributed by atoms with Crippen molar-refractivity contribution in [1.29, 1.82) is 0 Å². The molecule has 1 aliphatic rings. The second kappa shape index (κ2) is 8.62. The number of nitrogens with one attached hydrogen (secondary N) is 1. The molecule has 32 heavy (non-hydrogen) atoms. The van der Waals surface area contributed by atoms with Crippen LogP contribution in [0.3, 0.4) is 0 Å². The number of benzene rings is 1. The van der Waals surface area contributed by atoms with Crippen molar-refractivity contribution < 1.29 is 27.1 Å². The number of hydrogen-bond donors (Lipinski definition) is 1. The second-order valence-electron chi connectivity index (χ2n) is 7.30. The fourth-order valence-electron chi connectivity index (χ4n) is 3.76. The molecular formula is C22H18F4N4O2. The smallest absolute Gasteiger partial charge is 0.384 e. The highest BCUT2D eigenvalue weighted by Gasteiger charge is 2.32. The Hall–Kier alpha value is -3.40. The third-order valence-electron chi connectivity index (χ3n) is 5.23. The van der Waals surface area contributed by atoms with E-state index in [9.17, 15) is 22.4 Å². The molecular weight excluding hydrogens is 428 g/mol. The maximum Gasteiger partial charge on any atom is 0.416 e. The highest BCUT2D eigenvalue weighted by atomic mass is 19.4. The molecule has 166 valence electrons. The topological polar surface area (TPSA) is 77.0 Å². The number of carbonyl (C=O) groups is 1. The zero-order valence-electron chi connectivity index (χ0n) is 16.9. The van der Waals surface area contributed by atoms with Crippen LogP contribution in [0, 0.1) is 5.82 Å². The molecule has 1 aliphatic heterocycles. The molecule has 0 spiro atoms. The van der Waals surface area contributed by atoms with E-state index >= 15 is 0 Å². The monoisotopic (exact) mass is 446 g/mol. The summed E-state index contributed by atoms with van der Waals surface area (Å²) in [6.07, 6.45) is -1.38.